The highest BCUT2D eigenvalue weighted by molar-refractivity contribution is 5.05. The molecule has 0 saturated carbocycles. The number of nitrogens with one attached hydrogen (secondary N) is 1. The second-order valence-corrected chi connectivity index (χ2v) is 5.96. The highest BCUT2D eigenvalue weighted by Gasteiger charge is 2.12. The smallest absolute Gasteiger partial charge is 0.0419 e. The van der Waals surface area contributed by atoms with Gasteiger partial charge in [0, 0.05) is 24.4 Å². The Morgan fingerprint density at radius 3 is 2.59 bits per heavy atom. The summed E-state index contributed by atoms with van der Waals surface area (Å²) in [6.45, 7) is 6.92. The first kappa shape index (κ1) is 14.2. The maximum absolute atomic E-state index is 4.38. The molecule has 0 bridgehead atoms. The van der Waals surface area contributed by atoms with E-state index in [0.29, 0.717) is 11.5 Å². The third kappa shape index (κ3) is 6.42. The van der Waals surface area contributed by atoms with Crippen molar-refractivity contribution in [3.8, 4) is 0 Å². The summed E-state index contributed by atoms with van der Waals surface area (Å²) in [5.41, 5.74) is 1.63. The molecule has 1 heterocycles. The van der Waals surface area contributed by atoms with Crippen molar-refractivity contribution in [2.24, 2.45) is 5.41 Å². The van der Waals surface area contributed by atoms with E-state index in [1.165, 1.54) is 25.0 Å². The van der Waals surface area contributed by atoms with E-state index in [4.69, 9.17) is 0 Å². The Morgan fingerprint density at radius 2 is 2.06 bits per heavy atom. The topological polar surface area (TPSA) is 24.9 Å². The molecule has 0 aromatic carbocycles. The van der Waals surface area contributed by atoms with Crippen molar-refractivity contribution in [2.45, 2.75) is 52.5 Å². The third-order valence-electron chi connectivity index (χ3n) is 3.07. The summed E-state index contributed by atoms with van der Waals surface area (Å²) < 4.78 is 0. The number of hydrogen-bond donors (Lipinski definition) is 1. The number of rotatable bonds is 6. The molecular weight excluding hydrogens is 208 g/mol. The summed E-state index contributed by atoms with van der Waals surface area (Å²) in [6.07, 6.45) is 6.69. The van der Waals surface area contributed by atoms with Crippen molar-refractivity contribution < 1.29 is 0 Å². The zero-order valence-corrected chi connectivity index (χ0v) is 11.7. The predicted molar refractivity (Wildman–Crippen MR) is 74.1 cm³/mol. The van der Waals surface area contributed by atoms with Gasteiger partial charge in [0.2, 0.25) is 0 Å². The van der Waals surface area contributed by atoms with Crippen molar-refractivity contribution >= 4 is 0 Å². The molecule has 0 amide bonds. The van der Waals surface area contributed by atoms with Crippen molar-refractivity contribution in [3.63, 3.8) is 0 Å². The largest absolute Gasteiger partial charge is 0.317 e. The monoisotopic (exact) mass is 234 g/mol. The Hall–Kier alpha value is -0.890. The zero-order valence-electron chi connectivity index (χ0n) is 11.7. The van der Waals surface area contributed by atoms with Gasteiger partial charge in [0.05, 0.1) is 0 Å². The van der Waals surface area contributed by atoms with E-state index in [0.717, 1.165) is 6.42 Å². The molecule has 1 N–H and O–H groups in total. The van der Waals surface area contributed by atoms with Crippen LogP contribution in [-0.4, -0.2) is 18.1 Å². The lowest BCUT2D eigenvalue weighted by atomic mass is 9.88. The van der Waals surface area contributed by atoms with E-state index in [1.807, 2.05) is 19.3 Å². The predicted octanol–water partition coefficient (Wildman–Crippen LogP) is 3.43. The summed E-state index contributed by atoms with van der Waals surface area (Å²) in [5, 5.41) is 3.40. The zero-order chi connectivity index (χ0) is 12.7. The van der Waals surface area contributed by atoms with Gasteiger partial charge in [0.15, 0.2) is 0 Å². The first-order valence-corrected chi connectivity index (χ1v) is 6.58. The minimum atomic E-state index is 0.448. The molecular formula is C15H26N2. The van der Waals surface area contributed by atoms with Crippen LogP contribution in [0.15, 0.2) is 24.4 Å². The van der Waals surface area contributed by atoms with Crippen LogP contribution in [0.5, 0.6) is 0 Å². The van der Waals surface area contributed by atoms with Crippen molar-refractivity contribution in [3.05, 3.63) is 30.1 Å². The average Bonchev–Trinajstić information content (AvgIpc) is 2.27. The molecule has 2 nitrogen and oxygen atoms in total. The van der Waals surface area contributed by atoms with Gasteiger partial charge in [-0.3, -0.25) is 4.98 Å². The summed E-state index contributed by atoms with van der Waals surface area (Å²) >= 11 is 0. The van der Waals surface area contributed by atoms with Crippen LogP contribution in [-0.2, 0) is 6.42 Å². The Kier molecular flexibility index (Phi) is 5.63. The lowest BCUT2D eigenvalue weighted by Crippen LogP contribution is -2.28. The van der Waals surface area contributed by atoms with Gasteiger partial charge in [-0.25, -0.2) is 0 Å². The van der Waals surface area contributed by atoms with Crippen LogP contribution in [0, 0.1) is 5.41 Å². The van der Waals surface area contributed by atoms with Gasteiger partial charge >= 0.3 is 0 Å². The van der Waals surface area contributed by atoms with Crippen LogP contribution in [0.1, 0.15) is 45.7 Å². The quantitative estimate of drug-likeness (QED) is 0.815. The molecule has 0 aliphatic carbocycles. The first-order valence-electron chi connectivity index (χ1n) is 6.58. The van der Waals surface area contributed by atoms with Crippen LogP contribution in [0.2, 0.25) is 0 Å². The molecule has 0 fully saturated rings. The van der Waals surface area contributed by atoms with Crippen molar-refractivity contribution in [1.29, 1.82) is 0 Å². The van der Waals surface area contributed by atoms with Gasteiger partial charge in [-0.05, 0) is 37.4 Å². The third-order valence-corrected chi connectivity index (χ3v) is 3.07. The molecule has 1 rings (SSSR count). The van der Waals surface area contributed by atoms with E-state index in [2.05, 4.69) is 43.2 Å². The normalized spacial score (nSPS) is 13.6. The minimum absolute atomic E-state index is 0.448. The first-order chi connectivity index (χ1) is 8.01. The van der Waals surface area contributed by atoms with Gasteiger partial charge in [-0.2, -0.15) is 0 Å². The Bertz CT molecular complexity index is 300. The van der Waals surface area contributed by atoms with E-state index in [1.54, 1.807) is 0 Å². The van der Waals surface area contributed by atoms with E-state index in [-0.39, 0.29) is 0 Å². The van der Waals surface area contributed by atoms with Gasteiger partial charge < -0.3 is 5.32 Å². The van der Waals surface area contributed by atoms with Gasteiger partial charge in [0.25, 0.3) is 0 Å². The molecule has 1 unspecified atom stereocenters. The summed E-state index contributed by atoms with van der Waals surface area (Å²) in [6, 6.07) is 6.68. The number of aromatic nitrogens is 1. The van der Waals surface area contributed by atoms with Crippen LogP contribution < -0.4 is 5.32 Å². The molecule has 0 radical (unpaired) electrons. The molecule has 0 aliphatic rings. The summed E-state index contributed by atoms with van der Waals surface area (Å²) in [5.74, 6) is 0. The molecule has 1 aromatic heterocycles. The minimum Gasteiger partial charge on any atom is -0.317 e. The maximum Gasteiger partial charge on any atom is 0.0419 e. The highest BCUT2D eigenvalue weighted by atomic mass is 14.9. The van der Waals surface area contributed by atoms with Gasteiger partial charge in [-0.15, -0.1) is 0 Å². The van der Waals surface area contributed by atoms with Crippen LogP contribution in [0.4, 0.5) is 0 Å². The standard InChI is InChI=1S/C15H26N2/c1-15(2,3)10-7-9-13(16-4)12-14-8-5-6-11-17-14/h5-6,8,11,13,16H,7,9-10,12H2,1-4H3. The number of nitrogens with zero attached hydrogens (tertiary/aromatic N) is 1. The number of likely N-dealkylation sites (N-methyl/N-ethyl adjacent to an activating group) is 1. The Balaban J connectivity index is 2.34. The average molecular weight is 234 g/mol. The van der Waals surface area contributed by atoms with E-state index >= 15 is 0 Å². The van der Waals surface area contributed by atoms with Gasteiger partial charge in [-0.1, -0.05) is 33.3 Å². The fourth-order valence-electron chi connectivity index (χ4n) is 2.00. The van der Waals surface area contributed by atoms with Crippen LogP contribution in [0.25, 0.3) is 0 Å². The molecule has 2 heteroatoms. The fraction of sp³-hybridized carbons (Fsp3) is 0.667. The number of hydrogen-bond acceptors (Lipinski definition) is 2. The Labute approximate surface area is 106 Å². The van der Waals surface area contributed by atoms with E-state index in [9.17, 15) is 0 Å². The molecule has 96 valence electrons. The molecule has 1 aromatic rings. The second-order valence-electron chi connectivity index (χ2n) is 5.96. The van der Waals surface area contributed by atoms with Gasteiger partial charge in [0.1, 0.15) is 0 Å². The lowest BCUT2D eigenvalue weighted by molar-refractivity contribution is 0.345. The molecule has 0 aliphatic heterocycles. The Morgan fingerprint density at radius 1 is 1.29 bits per heavy atom. The number of pyridine rings is 1. The SMILES string of the molecule is CNC(CCCC(C)(C)C)Cc1ccccn1. The summed E-state index contributed by atoms with van der Waals surface area (Å²) in [7, 11) is 2.05. The molecule has 1 atom stereocenters. The van der Waals surface area contributed by atoms with E-state index < -0.39 is 0 Å². The van der Waals surface area contributed by atoms with Crippen molar-refractivity contribution in [2.75, 3.05) is 7.05 Å². The molecule has 17 heavy (non-hydrogen) atoms. The van der Waals surface area contributed by atoms with Crippen LogP contribution >= 0.6 is 0 Å². The molecule has 0 saturated heterocycles. The highest BCUT2D eigenvalue weighted by Crippen LogP contribution is 2.22. The maximum atomic E-state index is 4.38. The van der Waals surface area contributed by atoms with Crippen molar-refractivity contribution in [1.82, 2.24) is 10.3 Å². The summed E-state index contributed by atoms with van der Waals surface area (Å²) in [4.78, 5) is 4.38. The van der Waals surface area contributed by atoms with Crippen LogP contribution in [0.3, 0.4) is 0 Å². The second kappa shape index (κ2) is 6.75. The molecule has 0 spiro atoms. The fourth-order valence-corrected chi connectivity index (χ4v) is 2.00. The lowest BCUT2D eigenvalue weighted by Gasteiger charge is -2.21.